The highest BCUT2D eigenvalue weighted by molar-refractivity contribution is 5.80. The summed E-state index contributed by atoms with van der Waals surface area (Å²) in [6, 6.07) is -0.622. The summed E-state index contributed by atoms with van der Waals surface area (Å²) < 4.78 is 10.7. The van der Waals surface area contributed by atoms with Crippen molar-refractivity contribution in [2.75, 3.05) is 20.3 Å². The molecule has 1 unspecified atom stereocenters. The summed E-state index contributed by atoms with van der Waals surface area (Å²) in [6.07, 6.45) is 24.5. The van der Waals surface area contributed by atoms with Gasteiger partial charge in [-0.25, -0.2) is 9.59 Å². The number of rotatable bonds is 24. The maximum Gasteiger partial charge on any atom is 0.410 e. The molecule has 0 radical (unpaired) electrons. The molecule has 0 spiro atoms. The number of hydrogen-bond acceptors (Lipinski definition) is 4. The lowest BCUT2D eigenvalue weighted by atomic mass is 10.1. The van der Waals surface area contributed by atoms with Crippen molar-refractivity contribution in [3.63, 3.8) is 0 Å². The van der Waals surface area contributed by atoms with Crippen LogP contribution in [0.3, 0.4) is 0 Å². The molecule has 0 heterocycles. The molecule has 5 nitrogen and oxygen atoms in total. The monoisotopic (exact) mass is 483 g/mol. The van der Waals surface area contributed by atoms with Gasteiger partial charge in [-0.3, -0.25) is 4.90 Å². The second-order valence-corrected chi connectivity index (χ2v) is 9.93. The average molecular weight is 484 g/mol. The Morgan fingerprint density at radius 3 is 1.26 bits per heavy atom. The summed E-state index contributed by atoms with van der Waals surface area (Å²) in [5, 5.41) is 0. The van der Waals surface area contributed by atoms with E-state index in [9.17, 15) is 9.59 Å². The summed E-state index contributed by atoms with van der Waals surface area (Å²) in [4.78, 5) is 25.8. The van der Waals surface area contributed by atoms with Crippen LogP contribution in [0.1, 0.15) is 149 Å². The van der Waals surface area contributed by atoms with Crippen molar-refractivity contribution in [1.29, 1.82) is 0 Å². The molecule has 0 rings (SSSR count). The lowest BCUT2D eigenvalue weighted by Gasteiger charge is -2.22. The Labute approximate surface area is 211 Å². The standard InChI is InChI=1S/C29H57NO4/c1-5-7-9-11-13-15-16-17-18-20-21-23-25-33-28(31)27(3)30(4)29(32)34-26-24-22-19-14-12-10-8-6-2/h27H,5-26H2,1-4H3. The van der Waals surface area contributed by atoms with E-state index in [0.29, 0.717) is 13.2 Å². The fourth-order valence-corrected chi connectivity index (χ4v) is 4.05. The fourth-order valence-electron chi connectivity index (χ4n) is 4.05. The molecule has 0 bridgehead atoms. The molecule has 1 amide bonds. The van der Waals surface area contributed by atoms with Crippen LogP contribution in [0, 0.1) is 0 Å². The number of unbranched alkanes of at least 4 members (excludes halogenated alkanes) is 18. The van der Waals surface area contributed by atoms with Crippen molar-refractivity contribution in [2.45, 2.75) is 155 Å². The highest BCUT2D eigenvalue weighted by Gasteiger charge is 2.24. The molecule has 5 heteroatoms. The third kappa shape index (κ3) is 20.1. The summed E-state index contributed by atoms with van der Waals surface area (Å²) >= 11 is 0. The maximum absolute atomic E-state index is 12.2. The zero-order valence-corrected chi connectivity index (χ0v) is 23.2. The second kappa shape index (κ2) is 24.9. The Hall–Kier alpha value is -1.26. The third-order valence-electron chi connectivity index (χ3n) is 6.68. The highest BCUT2D eigenvalue weighted by atomic mass is 16.6. The third-order valence-corrected chi connectivity index (χ3v) is 6.68. The quantitative estimate of drug-likeness (QED) is 0.102. The first-order valence-electron chi connectivity index (χ1n) is 14.6. The molecule has 0 aromatic rings. The van der Waals surface area contributed by atoms with Crippen molar-refractivity contribution in [2.24, 2.45) is 0 Å². The smallest absolute Gasteiger partial charge is 0.410 e. The molecule has 0 saturated carbocycles. The van der Waals surface area contributed by atoms with E-state index in [1.807, 2.05) is 0 Å². The van der Waals surface area contributed by atoms with Gasteiger partial charge in [0.2, 0.25) is 0 Å². The van der Waals surface area contributed by atoms with Crippen LogP contribution in [0.2, 0.25) is 0 Å². The van der Waals surface area contributed by atoms with Crippen molar-refractivity contribution >= 4 is 12.1 Å². The van der Waals surface area contributed by atoms with Gasteiger partial charge in [0.25, 0.3) is 0 Å². The van der Waals surface area contributed by atoms with Crippen molar-refractivity contribution in [3.05, 3.63) is 0 Å². The van der Waals surface area contributed by atoms with Gasteiger partial charge in [-0.2, -0.15) is 0 Å². The van der Waals surface area contributed by atoms with Gasteiger partial charge in [-0.05, 0) is 19.8 Å². The Morgan fingerprint density at radius 1 is 0.559 bits per heavy atom. The van der Waals surface area contributed by atoms with E-state index in [0.717, 1.165) is 25.7 Å². The molecule has 0 aromatic carbocycles. The van der Waals surface area contributed by atoms with Gasteiger partial charge < -0.3 is 9.47 Å². The largest absolute Gasteiger partial charge is 0.464 e. The van der Waals surface area contributed by atoms with E-state index in [1.54, 1.807) is 14.0 Å². The molecule has 0 aliphatic heterocycles. The molecule has 202 valence electrons. The first kappa shape index (κ1) is 32.7. The highest BCUT2D eigenvalue weighted by Crippen LogP contribution is 2.12. The van der Waals surface area contributed by atoms with Crippen molar-refractivity contribution < 1.29 is 19.1 Å². The van der Waals surface area contributed by atoms with Gasteiger partial charge >= 0.3 is 12.1 Å². The number of carbonyl (C=O) groups excluding carboxylic acids is 2. The van der Waals surface area contributed by atoms with Crippen LogP contribution in [0.4, 0.5) is 4.79 Å². The fraction of sp³-hybridized carbons (Fsp3) is 0.931. The topological polar surface area (TPSA) is 55.8 Å². The van der Waals surface area contributed by atoms with Crippen LogP contribution in [0.5, 0.6) is 0 Å². The minimum absolute atomic E-state index is 0.352. The summed E-state index contributed by atoms with van der Waals surface area (Å²) in [5.74, 6) is -0.352. The van der Waals surface area contributed by atoms with Gasteiger partial charge in [0, 0.05) is 7.05 Å². The van der Waals surface area contributed by atoms with Gasteiger partial charge in [-0.15, -0.1) is 0 Å². The van der Waals surface area contributed by atoms with Crippen molar-refractivity contribution in [3.8, 4) is 0 Å². The van der Waals surface area contributed by atoms with E-state index < -0.39 is 12.1 Å². The summed E-state index contributed by atoms with van der Waals surface area (Å²) in [6.45, 7) is 7.03. The molecular formula is C29H57NO4. The van der Waals surface area contributed by atoms with Crippen LogP contribution >= 0.6 is 0 Å². The van der Waals surface area contributed by atoms with Gasteiger partial charge in [0.15, 0.2) is 0 Å². The number of likely N-dealkylation sites (N-methyl/N-ethyl adjacent to an activating group) is 1. The molecule has 0 aliphatic carbocycles. The van der Waals surface area contributed by atoms with E-state index in [1.165, 1.54) is 108 Å². The minimum Gasteiger partial charge on any atom is -0.464 e. The number of amides is 1. The SMILES string of the molecule is CCCCCCCCCCCCCCOC(=O)C(C)N(C)C(=O)OCCCCCCCCCC. The van der Waals surface area contributed by atoms with E-state index in [-0.39, 0.29) is 5.97 Å². The lowest BCUT2D eigenvalue weighted by Crippen LogP contribution is -2.41. The zero-order valence-electron chi connectivity index (χ0n) is 23.2. The molecule has 0 saturated heterocycles. The molecule has 0 aromatic heterocycles. The predicted octanol–water partition coefficient (Wildman–Crippen LogP) is 8.83. The number of esters is 1. The second-order valence-electron chi connectivity index (χ2n) is 9.93. The first-order valence-corrected chi connectivity index (χ1v) is 14.6. The van der Waals surface area contributed by atoms with Crippen molar-refractivity contribution in [1.82, 2.24) is 4.90 Å². The first-order chi connectivity index (χ1) is 16.5. The molecule has 0 aliphatic rings. The van der Waals surface area contributed by atoms with E-state index in [2.05, 4.69) is 13.8 Å². The summed E-state index contributed by atoms with van der Waals surface area (Å²) in [7, 11) is 1.60. The minimum atomic E-state index is -0.622. The van der Waals surface area contributed by atoms with Crippen LogP contribution in [0.15, 0.2) is 0 Å². The van der Waals surface area contributed by atoms with Crippen LogP contribution in [-0.2, 0) is 14.3 Å². The Kier molecular flexibility index (Phi) is 23.9. The molecule has 0 N–H and O–H groups in total. The molecule has 34 heavy (non-hydrogen) atoms. The van der Waals surface area contributed by atoms with Gasteiger partial charge in [-0.1, -0.05) is 129 Å². The summed E-state index contributed by atoms with van der Waals surface area (Å²) in [5.41, 5.74) is 0. The van der Waals surface area contributed by atoms with E-state index >= 15 is 0 Å². The average Bonchev–Trinajstić information content (AvgIpc) is 2.84. The van der Waals surface area contributed by atoms with Gasteiger partial charge in [0.1, 0.15) is 6.04 Å². The Morgan fingerprint density at radius 2 is 0.882 bits per heavy atom. The number of carbonyl (C=O) groups is 2. The van der Waals surface area contributed by atoms with Crippen LogP contribution in [0.25, 0.3) is 0 Å². The Bertz CT molecular complexity index is 469. The molecule has 0 fully saturated rings. The normalized spacial score (nSPS) is 11.9. The number of ether oxygens (including phenoxy) is 2. The van der Waals surface area contributed by atoms with Crippen LogP contribution in [-0.4, -0.2) is 43.3 Å². The molecule has 1 atom stereocenters. The molecular weight excluding hydrogens is 426 g/mol. The predicted molar refractivity (Wildman–Crippen MR) is 143 cm³/mol. The zero-order chi connectivity index (χ0) is 25.3. The Balaban J connectivity index is 3.61. The number of hydrogen-bond donors (Lipinski definition) is 0. The number of nitrogens with zero attached hydrogens (tertiary/aromatic N) is 1. The maximum atomic E-state index is 12.2. The van der Waals surface area contributed by atoms with Crippen LogP contribution < -0.4 is 0 Å². The van der Waals surface area contributed by atoms with E-state index in [4.69, 9.17) is 9.47 Å². The van der Waals surface area contributed by atoms with Gasteiger partial charge in [0.05, 0.1) is 13.2 Å². The lowest BCUT2D eigenvalue weighted by molar-refractivity contribution is -0.148.